The van der Waals surface area contributed by atoms with Gasteiger partial charge in [0.05, 0.1) is 16.5 Å². The van der Waals surface area contributed by atoms with Crippen molar-refractivity contribution in [3.63, 3.8) is 0 Å². The van der Waals surface area contributed by atoms with Crippen LogP contribution in [0.25, 0.3) is 10.9 Å². The monoisotopic (exact) mass is 301 g/mol. The highest BCUT2D eigenvalue weighted by atomic mass is 19.1. The van der Waals surface area contributed by atoms with Crippen LogP contribution in [0.5, 0.6) is 17.2 Å². The van der Waals surface area contributed by atoms with Gasteiger partial charge in [0.2, 0.25) is 0 Å². The van der Waals surface area contributed by atoms with E-state index in [9.17, 15) is 24.5 Å². The zero-order chi connectivity index (χ0) is 16.0. The van der Waals surface area contributed by atoms with Gasteiger partial charge in [0.1, 0.15) is 0 Å². The average molecular weight is 301 g/mol. The van der Waals surface area contributed by atoms with E-state index in [0.29, 0.717) is 11.2 Å². The van der Waals surface area contributed by atoms with E-state index >= 15 is 0 Å². The number of aromatic amines is 1. The molecule has 22 heavy (non-hydrogen) atoms. The number of aromatic nitrogens is 1. The van der Waals surface area contributed by atoms with E-state index in [1.807, 2.05) is 0 Å². The Morgan fingerprint density at radius 2 is 1.82 bits per heavy atom. The maximum absolute atomic E-state index is 14.2. The summed E-state index contributed by atoms with van der Waals surface area (Å²) in [5.41, 5.74) is 0.610. The summed E-state index contributed by atoms with van der Waals surface area (Å²) >= 11 is 0. The van der Waals surface area contributed by atoms with Crippen molar-refractivity contribution in [3.8, 4) is 17.2 Å². The largest absolute Gasteiger partial charge is 0.505 e. The number of rotatable bonds is 2. The van der Waals surface area contributed by atoms with Crippen LogP contribution in [-0.4, -0.2) is 26.1 Å². The van der Waals surface area contributed by atoms with Crippen LogP contribution in [0.15, 0.2) is 30.3 Å². The number of H-pyrrole nitrogens is 1. The summed E-state index contributed by atoms with van der Waals surface area (Å²) in [6.07, 6.45) is 0. The number of benzene rings is 2. The highest BCUT2D eigenvalue weighted by molar-refractivity contribution is 6.19. The summed E-state index contributed by atoms with van der Waals surface area (Å²) in [6, 6.07) is 6.62. The first-order valence-electron chi connectivity index (χ1n) is 6.47. The first-order chi connectivity index (χ1) is 10.4. The lowest BCUT2D eigenvalue weighted by Crippen LogP contribution is -2.03. The fraction of sp³-hybridized carbons (Fsp3) is 0.0625. The molecule has 0 bridgehead atoms. The summed E-state index contributed by atoms with van der Waals surface area (Å²) in [5.74, 6) is -3.14. The van der Waals surface area contributed by atoms with Gasteiger partial charge < -0.3 is 20.3 Å². The molecule has 3 aromatic rings. The van der Waals surface area contributed by atoms with E-state index in [4.69, 9.17) is 0 Å². The molecule has 6 heteroatoms. The summed E-state index contributed by atoms with van der Waals surface area (Å²) in [4.78, 5) is 15.5. The molecule has 0 fully saturated rings. The minimum atomic E-state index is -0.912. The van der Waals surface area contributed by atoms with Gasteiger partial charge in [-0.2, -0.15) is 0 Å². The second-order valence-electron chi connectivity index (χ2n) is 4.95. The highest BCUT2D eigenvalue weighted by Crippen LogP contribution is 2.35. The molecule has 0 spiro atoms. The Kier molecular flexibility index (Phi) is 3.02. The number of fused-ring (bicyclic) bond motifs is 1. The van der Waals surface area contributed by atoms with Crippen molar-refractivity contribution in [1.29, 1.82) is 0 Å². The second kappa shape index (κ2) is 4.77. The lowest BCUT2D eigenvalue weighted by Gasteiger charge is -2.06. The Morgan fingerprint density at radius 3 is 2.55 bits per heavy atom. The zero-order valence-electron chi connectivity index (χ0n) is 11.5. The Labute approximate surface area is 124 Å². The molecular formula is C16H12FNO4. The fourth-order valence-electron chi connectivity index (χ4n) is 2.50. The maximum Gasteiger partial charge on any atom is 0.199 e. The number of halogens is 1. The Balaban J connectivity index is 2.30. The van der Waals surface area contributed by atoms with E-state index in [-0.39, 0.29) is 16.5 Å². The predicted molar refractivity (Wildman–Crippen MR) is 77.9 cm³/mol. The fourth-order valence-corrected chi connectivity index (χ4v) is 2.50. The van der Waals surface area contributed by atoms with Gasteiger partial charge in [-0.25, -0.2) is 4.39 Å². The SMILES string of the molecule is Cc1[nH]c2ccc(O)c(F)c2c1C(=O)c1cccc(O)c1O. The van der Waals surface area contributed by atoms with Gasteiger partial charge in [0.25, 0.3) is 0 Å². The molecular weight excluding hydrogens is 289 g/mol. The number of phenols is 3. The normalized spacial score (nSPS) is 11.0. The number of para-hydroxylation sites is 1. The molecule has 0 unspecified atom stereocenters. The Bertz CT molecular complexity index is 914. The molecule has 0 aliphatic rings. The van der Waals surface area contributed by atoms with Gasteiger partial charge in [-0.15, -0.1) is 0 Å². The minimum Gasteiger partial charge on any atom is -0.505 e. The molecule has 0 aliphatic heterocycles. The number of aryl methyl sites for hydroxylation is 1. The number of carbonyl (C=O) groups excluding carboxylic acids is 1. The van der Waals surface area contributed by atoms with Crippen LogP contribution in [0.2, 0.25) is 0 Å². The molecule has 0 saturated carbocycles. The number of carbonyl (C=O) groups is 1. The molecule has 5 nitrogen and oxygen atoms in total. The average Bonchev–Trinajstić information content (AvgIpc) is 2.82. The van der Waals surface area contributed by atoms with Crippen LogP contribution >= 0.6 is 0 Å². The van der Waals surface area contributed by atoms with Crippen molar-refractivity contribution >= 4 is 16.7 Å². The molecule has 112 valence electrons. The van der Waals surface area contributed by atoms with E-state index in [1.54, 1.807) is 6.92 Å². The maximum atomic E-state index is 14.2. The van der Waals surface area contributed by atoms with E-state index < -0.39 is 28.8 Å². The molecule has 0 atom stereocenters. The van der Waals surface area contributed by atoms with E-state index in [1.165, 1.54) is 30.3 Å². The molecule has 0 amide bonds. The molecule has 0 aliphatic carbocycles. The van der Waals surface area contributed by atoms with Crippen molar-refractivity contribution in [2.45, 2.75) is 6.92 Å². The number of ketones is 1. The molecule has 1 heterocycles. The lowest BCUT2D eigenvalue weighted by molar-refractivity contribution is 0.103. The third kappa shape index (κ3) is 1.88. The first-order valence-corrected chi connectivity index (χ1v) is 6.47. The van der Waals surface area contributed by atoms with Crippen molar-refractivity contribution in [3.05, 3.63) is 53.0 Å². The molecule has 0 saturated heterocycles. The molecule has 3 rings (SSSR count). The third-order valence-electron chi connectivity index (χ3n) is 3.56. The lowest BCUT2D eigenvalue weighted by atomic mass is 9.99. The smallest absolute Gasteiger partial charge is 0.199 e. The van der Waals surface area contributed by atoms with Gasteiger partial charge in [-0.1, -0.05) is 6.07 Å². The molecule has 2 aromatic carbocycles. The number of aromatic hydroxyl groups is 3. The number of phenolic OH excluding ortho intramolecular Hbond substituents is 3. The first kappa shape index (κ1) is 13.9. The van der Waals surface area contributed by atoms with Crippen LogP contribution in [0.1, 0.15) is 21.6 Å². The van der Waals surface area contributed by atoms with Crippen molar-refractivity contribution < 1.29 is 24.5 Å². The summed E-state index contributed by atoms with van der Waals surface area (Å²) in [6.45, 7) is 1.59. The number of nitrogens with one attached hydrogen (secondary N) is 1. The van der Waals surface area contributed by atoms with Crippen LogP contribution in [-0.2, 0) is 0 Å². The summed E-state index contributed by atoms with van der Waals surface area (Å²) < 4.78 is 14.2. The molecule has 4 N–H and O–H groups in total. The summed E-state index contributed by atoms with van der Waals surface area (Å²) in [7, 11) is 0. The predicted octanol–water partition coefficient (Wildman–Crippen LogP) is 2.96. The standard InChI is InChI=1S/C16H12FNO4/c1-7-12(13-9(18-7)5-6-10(19)14(13)17)16(22)8-3-2-4-11(20)15(8)21/h2-6,18-21H,1H3. The van der Waals surface area contributed by atoms with Crippen LogP contribution in [0.3, 0.4) is 0 Å². The molecule has 1 aromatic heterocycles. The second-order valence-corrected chi connectivity index (χ2v) is 4.95. The quantitative estimate of drug-likeness (QED) is 0.432. The van der Waals surface area contributed by atoms with Crippen LogP contribution in [0, 0.1) is 12.7 Å². The van der Waals surface area contributed by atoms with Gasteiger partial charge in [0.15, 0.2) is 28.8 Å². The Morgan fingerprint density at radius 1 is 1.09 bits per heavy atom. The van der Waals surface area contributed by atoms with Gasteiger partial charge in [-0.05, 0) is 31.2 Å². The number of hydrogen-bond acceptors (Lipinski definition) is 4. The minimum absolute atomic E-state index is 0.00398. The van der Waals surface area contributed by atoms with Crippen LogP contribution in [0.4, 0.5) is 4.39 Å². The van der Waals surface area contributed by atoms with Crippen molar-refractivity contribution in [1.82, 2.24) is 4.98 Å². The van der Waals surface area contributed by atoms with E-state index in [2.05, 4.69) is 4.98 Å². The van der Waals surface area contributed by atoms with Crippen LogP contribution < -0.4 is 0 Å². The Hall–Kier alpha value is -3.02. The zero-order valence-corrected chi connectivity index (χ0v) is 11.5. The third-order valence-corrected chi connectivity index (χ3v) is 3.56. The van der Waals surface area contributed by atoms with Crippen molar-refractivity contribution in [2.75, 3.05) is 0 Å². The van der Waals surface area contributed by atoms with E-state index in [0.717, 1.165) is 0 Å². The van der Waals surface area contributed by atoms with Gasteiger partial charge in [0, 0.05) is 11.2 Å². The van der Waals surface area contributed by atoms with Gasteiger partial charge >= 0.3 is 0 Å². The van der Waals surface area contributed by atoms with Gasteiger partial charge in [-0.3, -0.25) is 4.79 Å². The highest BCUT2D eigenvalue weighted by Gasteiger charge is 2.24. The summed E-state index contributed by atoms with van der Waals surface area (Å²) in [5, 5.41) is 28.8. The van der Waals surface area contributed by atoms with Crippen molar-refractivity contribution in [2.24, 2.45) is 0 Å². The topological polar surface area (TPSA) is 93.5 Å². The molecule has 0 radical (unpaired) electrons. The number of hydrogen-bond donors (Lipinski definition) is 4.